The number of nitrogens with one attached hydrogen (secondary N) is 2. The van der Waals surface area contributed by atoms with Crippen LogP contribution in [0.3, 0.4) is 0 Å². The van der Waals surface area contributed by atoms with Crippen molar-refractivity contribution in [1.82, 2.24) is 5.32 Å². The Morgan fingerprint density at radius 1 is 1.07 bits per heavy atom. The number of carbonyl (C=O) groups is 1. The van der Waals surface area contributed by atoms with Gasteiger partial charge in [-0.15, -0.1) is 0 Å². The molecule has 1 amide bonds. The first-order valence-corrected chi connectivity index (χ1v) is 10.7. The fourth-order valence-corrected chi connectivity index (χ4v) is 3.00. The van der Waals surface area contributed by atoms with Gasteiger partial charge >= 0.3 is 0 Å². The summed E-state index contributed by atoms with van der Waals surface area (Å²) < 4.78 is 57.6. The van der Waals surface area contributed by atoms with Gasteiger partial charge in [-0.25, -0.2) is 17.2 Å². The van der Waals surface area contributed by atoms with Crippen molar-refractivity contribution in [3.05, 3.63) is 59.2 Å². The number of sulfonamides is 1. The molecule has 0 atom stereocenters. The van der Waals surface area contributed by atoms with E-state index in [2.05, 4.69) is 10.0 Å². The summed E-state index contributed by atoms with van der Waals surface area (Å²) in [6, 6.07) is 8.45. The zero-order chi connectivity index (χ0) is 21.8. The van der Waals surface area contributed by atoms with Gasteiger partial charge in [0, 0.05) is 6.54 Å². The molecule has 0 saturated carbocycles. The van der Waals surface area contributed by atoms with Gasteiger partial charge < -0.3 is 10.1 Å². The van der Waals surface area contributed by atoms with Crippen LogP contribution >= 0.6 is 0 Å². The number of hydrogen-bond acceptors (Lipinski definition) is 4. The molecular weight excluding hydrogens is 402 g/mol. The Kier molecular flexibility index (Phi) is 6.84. The topological polar surface area (TPSA) is 84.5 Å². The first-order valence-electron chi connectivity index (χ1n) is 8.81. The number of rotatable bonds is 7. The lowest BCUT2D eigenvalue weighted by Gasteiger charge is -2.19. The van der Waals surface area contributed by atoms with E-state index < -0.39 is 34.2 Å². The largest absolute Gasteiger partial charge is 0.481 e. The monoisotopic (exact) mass is 426 g/mol. The maximum Gasteiger partial charge on any atom is 0.258 e. The molecule has 0 bridgehead atoms. The van der Waals surface area contributed by atoms with Crippen LogP contribution in [0.2, 0.25) is 0 Å². The summed E-state index contributed by atoms with van der Waals surface area (Å²) in [5, 5.41) is 2.53. The Morgan fingerprint density at radius 3 is 2.31 bits per heavy atom. The van der Waals surface area contributed by atoms with Crippen LogP contribution in [0.25, 0.3) is 0 Å². The number of amides is 1. The van der Waals surface area contributed by atoms with Gasteiger partial charge in [-0.2, -0.15) is 0 Å². The first-order chi connectivity index (χ1) is 13.3. The van der Waals surface area contributed by atoms with Gasteiger partial charge in [0.1, 0.15) is 5.82 Å². The molecule has 0 aromatic heterocycles. The quantitative estimate of drug-likeness (QED) is 0.711. The standard InChI is InChI=1S/C20H24F2N2O4S/c1-20(2,3)14-6-8-18(16(22)10-14)28-12-19(25)23-11-13-5-7-17(15(21)9-13)24-29(4,26)27/h5-10,24H,11-12H2,1-4H3,(H,23,25). The first kappa shape index (κ1) is 22.6. The van der Waals surface area contributed by atoms with Gasteiger partial charge in [-0.1, -0.05) is 32.9 Å². The van der Waals surface area contributed by atoms with Gasteiger partial charge in [-0.3, -0.25) is 9.52 Å². The lowest BCUT2D eigenvalue weighted by Crippen LogP contribution is -2.28. The third kappa shape index (κ3) is 7.01. The molecule has 2 rings (SSSR count). The van der Waals surface area contributed by atoms with Gasteiger partial charge in [0.15, 0.2) is 18.2 Å². The summed E-state index contributed by atoms with van der Waals surface area (Å²) in [6.07, 6.45) is 0.917. The SMILES string of the molecule is CC(C)(C)c1ccc(OCC(=O)NCc2ccc(NS(C)(=O)=O)c(F)c2)c(F)c1. The normalized spacial score (nSPS) is 11.8. The maximum absolute atomic E-state index is 14.1. The number of halogens is 2. The minimum atomic E-state index is -3.59. The van der Waals surface area contributed by atoms with E-state index in [9.17, 15) is 22.0 Å². The molecule has 0 radical (unpaired) electrons. The highest BCUT2D eigenvalue weighted by Gasteiger charge is 2.16. The number of carbonyl (C=O) groups excluding carboxylic acids is 1. The summed E-state index contributed by atoms with van der Waals surface area (Å²) in [5.41, 5.74) is 0.844. The lowest BCUT2D eigenvalue weighted by atomic mass is 9.87. The van der Waals surface area contributed by atoms with Crippen molar-refractivity contribution < 1.29 is 26.7 Å². The Labute approximate surface area is 169 Å². The van der Waals surface area contributed by atoms with Crippen LogP contribution in [0.5, 0.6) is 5.75 Å². The van der Waals surface area contributed by atoms with Gasteiger partial charge in [-0.05, 0) is 40.8 Å². The van der Waals surface area contributed by atoms with E-state index >= 15 is 0 Å². The molecule has 0 aliphatic carbocycles. The van der Waals surface area contributed by atoms with Crippen molar-refractivity contribution in [2.75, 3.05) is 17.6 Å². The van der Waals surface area contributed by atoms with Crippen molar-refractivity contribution in [2.24, 2.45) is 0 Å². The Morgan fingerprint density at radius 2 is 1.76 bits per heavy atom. The second-order valence-electron chi connectivity index (χ2n) is 7.65. The summed E-state index contributed by atoms with van der Waals surface area (Å²) in [7, 11) is -3.59. The lowest BCUT2D eigenvalue weighted by molar-refractivity contribution is -0.123. The molecule has 2 N–H and O–H groups in total. The van der Waals surface area contributed by atoms with Crippen molar-refractivity contribution in [3.8, 4) is 5.75 Å². The van der Waals surface area contributed by atoms with Crippen LogP contribution in [-0.2, 0) is 26.8 Å². The highest BCUT2D eigenvalue weighted by molar-refractivity contribution is 7.92. The third-order valence-electron chi connectivity index (χ3n) is 3.98. The molecule has 0 spiro atoms. The van der Waals surface area contributed by atoms with Gasteiger partial charge in [0.25, 0.3) is 5.91 Å². The summed E-state index contributed by atoms with van der Waals surface area (Å²) in [5.74, 6) is -1.86. The molecule has 6 nitrogen and oxygen atoms in total. The molecule has 0 heterocycles. The second-order valence-corrected chi connectivity index (χ2v) is 9.40. The average molecular weight is 426 g/mol. The number of hydrogen-bond donors (Lipinski definition) is 2. The molecule has 0 saturated heterocycles. The van der Waals surface area contributed by atoms with Crippen LogP contribution < -0.4 is 14.8 Å². The van der Waals surface area contributed by atoms with E-state index in [0.717, 1.165) is 17.9 Å². The van der Waals surface area contributed by atoms with Crippen LogP contribution in [0.4, 0.5) is 14.5 Å². The smallest absolute Gasteiger partial charge is 0.258 e. The van der Waals surface area contributed by atoms with Crippen LogP contribution in [0, 0.1) is 11.6 Å². The molecule has 2 aromatic rings. The molecule has 29 heavy (non-hydrogen) atoms. The van der Waals surface area contributed by atoms with Gasteiger partial charge in [0.2, 0.25) is 10.0 Å². The summed E-state index contributed by atoms with van der Waals surface area (Å²) in [6.45, 7) is 5.48. The zero-order valence-electron chi connectivity index (χ0n) is 16.7. The highest BCUT2D eigenvalue weighted by Crippen LogP contribution is 2.27. The highest BCUT2D eigenvalue weighted by atomic mass is 32.2. The molecule has 2 aromatic carbocycles. The molecule has 0 aliphatic heterocycles. The minimum Gasteiger partial charge on any atom is -0.481 e. The number of ether oxygens (including phenoxy) is 1. The average Bonchev–Trinajstić information content (AvgIpc) is 2.59. The van der Waals surface area contributed by atoms with Crippen LogP contribution in [-0.4, -0.2) is 27.2 Å². The van der Waals surface area contributed by atoms with E-state index in [1.165, 1.54) is 24.3 Å². The molecular formula is C20H24F2N2O4S. The Hall–Kier alpha value is -2.68. The maximum atomic E-state index is 14.1. The molecule has 9 heteroatoms. The van der Waals surface area contributed by atoms with E-state index in [1.54, 1.807) is 6.07 Å². The fourth-order valence-electron chi connectivity index (χ4n) is 2.43. The Bertz CT molecular complexity index is 1000. The van der Waals surface area contributed by atoms with Crippen molar-refractivity contribution in [1.29, 1.82) is 0 Å². The van der Waals surface area contributed by atoms with Gasteiger partial charge in [0.05, 0.1) is 11.9 Å². The zero-order valence-corrected chi connectivity index (χ0v) is 17.5. The predicted octanol–water partition coefficient (Wildman–Crippen LogP) is 3.33. The van der Waals surface area contributed by atoms with Crippen LogP contribution in [0.15, 0.2) is 36.4 Å². The summed E-state index contributed by atoms with van der Waals surface area (Å²) in [4.78, 5) is 11.9. The van der Waals surface area contributed by atoms with E-state index in [4.69, 9.17) is 4.74 Å². The predicted molar refractivity (Wildman–Crippen MR) is 107 cm³/mol. The van der Waals surface area contributed by atoms with E-state index in [1.807, 2.05) is 20.8 Å². The third-order valence-corrected chi connectivity index (χ3v) is 4.57. The summed E-state index contributed by atoms with van der Waals surface area (Å²) >= 11 is 0. The molecule has 0 fully saturated rings. The molecule has 0 aliphatic rings. The van der Waals surface area contributed by atoms with E-state index in [-0.39, 0.29) is 23.4 Å². The second kappa shape index (κ2) is 8.77. The van der Waals surface area contributed by atoms with Crippen molar-refractivity contribution in [3.63, 3.8) is 0 Å². The van der Waals surface area contributed by atoms with Crippen LogP contribution in [0.1, 0.15) is 31.9 Å². The number of benzene rings is 2. The van der Waals surface area contributed by atoms with E-state index in [0.29, 0.717) is 5.56 Å². The number of anilines is 1. The molecule has 158 valence electrons. The fraction of sp³-hybridized carbons (Fsp3) is 0.350. The van der Waals surface area contributed by atoms with Crippen molar-refractivity contribution in [2.45, 2.75) is 32.7 Å². The minimum absolute atomic E-state index is 0.00368. The Balaban J connectivity index is 1.90. The van der Waals surface area contributed by atoms with Crippen molar-refractivity contribution >= 4 is 21.6 Å². The molecule has 0 unspecified atom stereocenters.